The first-order valence-electron chi connectivity index (χ1n) is 6.25. The van der Waals surface area contributed by atoms with Crippen molar-refractivity contribution in [2.24, 2.45) is 0 Å². The van der Waals surface area contributed by atoms with Crippen LogP contribution in [0, 0.1) is 0 Å². The molecule has 0 heterocycles. The highest BCUT2D eigenvalue weighted by atomic mass is 16.5. The Balaban J connectivity index is 2.04. The van der Waals surface area contributed by atoms with Gasteiger partial charge in [0.1, 0.15) is 6.04 Å². The van der Waals surface area contributed by atoms with E-state index < -0.39 is 12.0 Å². The van der Waals surface area contributed by atoms with Crippen LogP contribution in [-0.2, 0) is 16.1 Å². The Morgan fingerprint density at radius 2 is 2.06 bits per heavy atom. The van der Waals surface area contributed by atoms with Gasteiger partial charge in [0.15, 0.2) is 0 Å². The maximum atomic E-state index is 10.7. The van der Waals surface area contributed by atoms with Crippen LogP contribution in [-0.4, -0.2) is 30.8 Å². The third-order valence-corrected chi connectivity index (χ3v) is 2.79. The summed E-state index contributed by atoms with van der Waals surface area (Å²) in [6.45, 7) is 1.29. The first-order chi connectivity index (χ1) is 8.74. The molecule has 0 aliphatic rings. The average Bonchev–Trinajstić information content (AvgIpc) is 2.38. The van der Waals surface area contributed by atoms with E-state index in [4.69, 9.17) is 9.84 Å². The van der Waals surface area contributed by atoms with E-state index in [1.807, 2.05) is 30.3 Å². The van der Waals surface area contributed by atoms with Crippen LogP contribution < -0.4 is 5.32 Å². The van der Waals surface area contributed by atoms with Crippen LogP contribution >= 0.6 is 0 Å². The molecule has 2 N–H and O–H groups in total. The molecule has 0 saturated carbocycles. The summed E-state index contributed by atoms with van der Waals surface area (Å²) in [6.07, 6.45) is 2.38. The second-order valence-corrected chi connectivity index (χ2v) is 4.21. The van der Waals surface area contributed by atoms with Gasteiger partial charge in [-0.05, 0) is 31.9 Å². The first kappa shape index (κ1) is 14.7. The number of hydrogen-bond donors (Lipinski definition) is 2. The molecule has 0 amide bonds. The Bertz CT molecular complexity index is 340. The predicted octanol–water partition coefficient (Wildman–Crippen LogP) is 2.05. The van der Waals surface area contributed by atoms with Crippen molar-refractivity contribution in [2.75, 3.05) is 13.7 Å². The van der Waals surface area contributed by atoms with E-state index in [9.17, 15) is 4.79 Å². The van der Waals surface area contributed by atoms with Gasteiger partial charge in [0.25, 0.3) is 0 Å². The van der Waals surface area contributed by atoms with Gasteiger partial charge >= 0.3 is 5.97 Å². The van der Waals surface area contributed by atoms with Crippen molar-refractivity contribution in [3.63, 3.8) is 0 Å². The Hall–Kier alpha value is -1.39. The molecule has 0 radical (unpaired) electrons. The van der Waals surface area contributed by atoms with Crippen LogP contribution in [0.3, 0.4) is 0 Å². The Labute approximate surface area is 108 Å². The fourth-order valence-corrected chi connectivity index (χ4v) is 1.71. The van der Waals surface area contributed by atoms with Gasteiger partial charge in [0, 0.05) is 6.61 Å². The van der Waals surface area contributed by atoms with Crippen molar-refractivity contribution in [3.8, 4) is 0 Å². The number of rotatable bonds is 9. The van der Waals surface area contributed by atoms with Crippen molar-refractivity contribution in [1.82, 2.24) is 5.32 Å². The molecule has 0 spiro atoms. The minimum Gasteiger partial charge on any atom is -0.480 e. The fourth-order valence-electron chi connectivity index (χ4n) is 1.71. The molecule has 1 rings (SSSR count). The number of ether oxygens (including phenoxy) is 1. The Kier molecular flexibility index (Phi) is 7.06. The summed E-state index contributed by atoms with van der Waals surface area (Å²) in [5.41, 5.74) is 1.16. The van der Waals surface area contributed by atoms with Crippen molar-refractivity contribution in [1.29, 1.82) is 0 Å². The molecular formula is C14H21NO3. The zero-order valence-corrected chi connectivity index (χ0v) is 10.8. The summed E-state index contributed by atoms with van der Waals surface area (Å²) >= 11 is 0. The molecular weight excluding hydrogens is 230 g/mol. The van der Waals surface area contributed by atoms with E-state index >= 15 is 0 Å². The van der Waals surface area contributed by atoms with E-state index in [2.05, 4.69) is 5.32 Å². The molecule has 1 aromatic rings. The molecule has 0 unspecified atom stereocenters. The van der Waals surface area contributed by atoms with Crippen LogP contribution in [0.5, 0.6) is 0 Å². The molecule has 0 aliphatic heterocycles. The van der Waals surface area contributed by atoms with Crippen LogP contribution in [0.1, 0.15) is 24.8 Å². The van der Waals surface area contributed by atoms with Gasteiger partial charge in [0.05, 0.1) is 6.61 Å². The minimum atomic E-state index is -0.789. The second kappa shape index (κ2) is 8.66. The second-order valence-electron chi connectivity index (χ2n) is 4.21. The largest absolute Gasteiger partial charge is 0.480 e. The SMILES string of the molecule is CN[C@@H](CCCCOCc1ccccc1)C(=O)O. The Morgan fingerprint density at radius 3 is 2.67 bits per heavy atom. The van der Waals surface area contributed by atoms with Crippen LogP contribution in [0.25, 0.3) is 0 Å². The smallest absolute Gasteiger partial charge is 0.320 e. The summed E-state index contributed by atoms with van der Waals surface area (Å²) in [6, 6.07) is 9.57. The van der Waals surface area contributed by atoms with E-state index in [-0.39, 0.29) is 0 Å². The van der Waals surface area contributed by atoms with Crippen LogP contribution in [0.2, 0.25) is 0 Å². The van der Waals surface area contributed by atoms with Gasteiger partial charge in [-0.3, -0.25) is 4.79 Å². The lowest BCUT2D eigenvalue weighted by Gasteiger charge is -2.10. The van der Waals surface area contributed by atoms with Crippen LogP contribution in [0.4, 0.5) is 0 Å². The number of carboxylic acids is 1. The lowest BCUT2D eigenvalue weighted by molar-refractivity contribution is -0.139. The number of hydrogen-bond acceptors (Lipinski definition) is 3. The summed E-state index contributed by atoms with van der Waals surface area (Å²) in [7, 11) is 1.67. The molecule has 0 bridgehead atoms. The number of nitrogens with one attached hydrogen (secondary N) is 1. The summed E-state index contributed by atoms with van der Waals surface area (Å²) < 4.78 is 5.53. The number of carbonyl (C=O) groups is 1. The summed E-state index contributed by atoms with van der Waals surface area (Å²) in [5, 5.41) is 11.6. The van der Waals surface area contributed by atoms with E-state index in [1.54, 1.807) is 7.05 Å². The van der Waals surface area contributed by atoms with E-state index in [1.165, 1.54) is 0 Å². The molecule has 1 atom stereocenters. The van der Waals surface area contributed by atoms with Crippen molar-refractivity contribution in [2.45, 2.75) is 31.9 Å². The summed E-state index contributed by atoms with van der Waals surface area (Å²) in [5.74, 6) is -0.789. The molecule has 0 aromatic heterocycles. The zero-order chi connectivity index (χ0) is 13.2. The molecule has 0 saturated heterocycles. The normalized spacial score (nSPS) is 12.3. The van der Waals surface area contributed by atoms with Gasteiger partial charge in [-0.1, -0.05) is 30.3 Å². The predicted molar refractivity (Wildman–Crippen MR) is 70.4 cm³/mol. The average molecular weight is 251 g/mol. The fraction of sp³-hybridized carbons (Fsp3) is 0.500. The monoisotopic (exact) mass is 251 g/mol. The quantitative estimate of drug-likeness (QED) is 0.659. The van der Waals surface area contributed by atoms with Crippen LogP contribution in [0.15, 0.2) is 30.3 Å². The number of aliphatic carboxylic acids is 1. The van der Waals surface area contributed by atoms with Gasteiger partial charge in [-0.15, -0.1) is 0 Å². The van der Waals surface area contributed by atoms with Crippen molar-refractivity contribution < 1.29 is 14.6 Å². The third kappa shape index (κ3) is 5.80. The number of carboxylic acid groups (broad SMARTS) is 1. The maximum absolute atomic E-state index is 10.7. The van der Waals surface area contributed by atoms with Gasteiger partial charge in [-0.2, -0.15) is 0 Å². The highest BCUT2D eigenvalue weighted by molar-refractivity contribution is 5.73. The van der Waals surface area contributed by atoms with E-state index in [0.717, 1.165) is 18.4 Å². The van der Waals surface area contributed by atoms with Gasteiger partial charge in [0.2, 0.25) is 0 Å². The highest BCUT2D eigenvalue weighted by Crippen LogP contribution is 2.04. The molecule has 0 aliphatic carbocycles. The minimum absolute atomic E-state index is 0.445. The molecule has 0 fully saturated rings. The molecule has 100 valence electrons. The molecule has 4 nitrogen and oxygen atoms in total. The van der Waals surface area contributed by atoms with Crippen molar-refractivity contribution in [3.05, 3.63) is 35.9 Å². The first-order valence-corrected chi connectivity index (χ1v) is 6.25. The maximum Gasteiger partial charge on any atom is 0.320 e. The standard InChI is InChI=1S/C14H21NO3/c1-15-13(14(16)17)9-5-6-10-18-11-12-7-3-2-4-8-12/h2-4,7-8,13,15H,5-6,9-11H2,1H3,(H,16,17)/t13-/m0/s1. The zero-order valence-electron chi connectivity index (χ0n) is 10.8. The van der Waals surface area contributed by atoms with Gasteiger partial charge in [-0.25, -0.2) is 0 Å². The summed E-state index contributed by atoms with van der Waals surface area (Å²) in [4.78, 5) is 10.7. The topological polar surface area (TPSA) is 58.6 Å². The lowest BCUT2D eigenvalue weighted by Crippen LogP contribution is -2.33. The van der Waals surface area contributed by atoms with Crippen molar-refractivity contribution >= 4 is 5.97 Å². The number of likely N-dealkylation sites (N-methyl/N-ethyl adjacent to an activating group) is 1. The van der Waals surface area contributed by atoms with Gasteiger partial charge < -0.3 is 15.2 Å². The molecule has 4 heteroatoms. The highest BCUT2D eigenvalue weighted by Gasteiger charge is 2.13. The number of benzene rings is 1. The number of unbranched alkanes of at least 4 members (excludes halogenated alkanes) is 1. The van der Waals surface area contributed by atoms with E-state index in [0.29, 0.717) is 19.6 Å². The Morgan fingerprint density at radius 1 is 1.33 bits per heavy atom. The lowest BCUT2D eigenvalue weighted by atomic mass is 10.1. The molecule has 1 aromatic carbocycles. The third-order valence-electron chi connectivity index (χ3n) is 2.79. The molecule has 18 heavy (non-hydrogen) atoms.